The Kier molecular flexibility index (Phi) is 4.18. The molecule has 0 atom stereocenters. The lowest BCUT2D eigenvalue weighted by Gasteiger charge is -2.06. The summed E-state index contributed by atoms with van der Waals surface area (Å²) in [7, 11) is 0. The highest BCUT2D eigenvalue weighted by molar-refractivity contribution is 6.03. The zero-order valence-electron chi connectivity index (χ0n) is 11.2. The van der Waals surface area contributed by atoms with E-state index in [4.69, 9.17) is 0 Å². The number of nitrogens with one attached hydrogen (secondary N) is 1. The number of phenolic OH excluding ortho intramolecular Hbond substituents is 2. The molecule has 0 aliphatic heterocycles. The molecule has 0 fully saturated rings. The first kappa shape index (κ1) is 14.5. The molecular formula is C15H13FN2O3. The van der Waals surface area contributed by atoms with E-state index in [1.165, 1.54) is 25.1 Å². The van der Waals surface area contributed by atoms with Gasteiger partial charge in [0.15, 0.2) is 0 Å². The topological polar surface area (TPSA) is 81.9 Å². The molecule has 0 aliphatic rings. The third kappa shape index (κ3) is 3.36. The third-order valence-electron chi connectivity index (χ3n) is 2.82. The maximum atomic E-state index is 13.1. The number of benzene rings is 2. The summed E-state index contributed by atoms with van der Waals surface area (Å²) in [6.45, 7) is 1.51. The van der Waals surface area contributed by atoms with Crippen LogP contribution in [0.4, 0.5) is 4.39 Å². The summed E-state index contributed by atoms with van der Waals surface area (Å²) in [5, 5.41) is 23.0. The molecule has 108 valence electrons. The van der Waals surface area contributed by atoms with Crippen LogP contribution in [0.5, 0.6) is 11.5 Å². The first-order valence-corrected chi connectivity index (χ1v) is 6.10. The van der Waals surface area contributed by atoms with Crippen molar-refractivity contribution in [1.82, 2.24) is 5.43 Å². The molecule has 1 amide bonds. The molecule has 0 saturated heterocycles. The zero-order chi connectivity index (χ0) is 15.4. The summed E-state index contributed by atoms with van der Waals surface area (Å²) < 4.78 is 13.1. The van der Waals surface area contributed by atoms with E-state index in [-0.39, 0.29) is 28.3 Å². The lowest BCUT2D eigenvalue weighted by Crippen LogP contribution is -2.19. The van der Waals surface area contributed by atoms with Crippen LogP contribution in [-0.2, 0) is 0 Å². The van der Waals surface area contributed by atoms with Gasteiger partial charge in [0.05, 0.1) is 11.3 Å². The van der Waals surface area contributed by atoms with Crippen LogP contribution in [0, 0.1) is 5.82 Å². The quantitative estimate of drug-likeness (QED) is 0.599. The second-order valence-corrected chi connectivity index (χ2v) is 4.32. The van der Waals surface area contributed by atoms with Crippen LogP contribution < -0.4 is 5.43 Å². The SMILES string of the molecule is C/C(=N\NC(=O)c1ccccc1O)c1cc(F)ccc1O. The third-order valence-corrected chi connectivity index (χ3v) is 2.82. The van der Waals surface area contributed by atoms with E-state index in [1.54, 1.807) is 12.1 Å². The van der Waals surface area contributed by atoms with Gasteiger partial charge in [-0.2, -0.15) is 5.10 Å². The second-order valence-electron chi connectivity index (χ2n) is 4.32. The van der Waals surface area contributed by atoms with Crippen molar-refractivity contribution in [3.63, 3.8) is 0 Å². The lowest BCUT2D eigenvalue weighted by molar-refractivity contribution is 0.0952. The summed E-state index contributed by atoms with van der Waals surface area (Å²) in [4.78, 5) is 11.8. The van der Waals surface area contributed by atoms with E-state index in [1.807, 2.05) is 0 Å². The van der Waals surface area contributed by atoms with Crippen LogP contribution in [0.3, 0.4) is 0 Å². The first-order chi connectivity index (χ1) is 9.99. The van der Waals surface area contributed by atoms with Gasteiger partial charge in [0.2, 0.25) is 0 Å². The summed E-state index contributed by atoms with van der Waals surface area (Å²) in [5.41, 5.74) is 2.71. The maximum Gasteiger partial charge on any atom is 0.275 e. The fourth-order valence-electron chi connectivity index (χ4n) is 1.72. The molecule has 2 aromatic carbocycles. The van der Waals surface area contributed by atoms with E-state index in [9.17, 15) is 19.4 Å². The molecule has 0 spiro atoms. The molecule has 6 heteroatoms. The summed E-state index contributed by atoms with van der Waals surface area (Å²) in [5.74, 6) is -1.45. The predicted molar refractivity (Wildman–Crippen MR) is 75.8 cm³/mol. The van der Waals surface area contributed by atoms with E-state index in [0.717, 1.165) is 12.1 Å². The first-order valence-electron chi connectivity index (χ1n) is 6.10. The molecule has 2 aromatic rings. The number of nitrogens with zero attached hydrogens (tertiary/aromatic N) is 1. The molecule has 2 rings (SSSR count). The zero-order valence-corrected chi connectivity index (χ0v) is 11.2. The number of phenols is 2. The Bertz CT molecular complexity index is 714. The van der Waals surface area contributed by atoms with Gasteiger partial charge in [0, 0.05) is 5.56 Å². The molecule has 0 heterocycles. The standard InChI is InChI=1S/C15H13FN2O3/c1-9(12-8-10(16)6-7-14(12)20)17-18-15(21)11-4-2-3-5-13(11)19/h2-8,19-20H,1H3,(H,18,21)/b17-9+. The predicted octanol–water partition coefficient (Wildman–Crippen LogP) is 2.39. The smallest absolute Gasteiger partial charge is 0.275 e. The number of hydrogen-bond donors (Lipinski definition) is 3. The van der Waals surface area contributed by atoms with Crippen molar-refractivity contribution >= 4 is 11.6 Å². The van der Waals surface area contributed by atoms with Gasteiger partial charge in [0.25, 0.3) is 5.91 Å². The Labute approximate surface area is 120 Å². The number of carbonyl (C=O) groups is 1. The molecule has 5 nitrogen and oxygen atoms in total. The second kappa shape index (κ2) is 6.04. The molecule has 21 heavy (non-hydrogen) atoms. The summed E-state index contributed by atoms with van der Waals surface area (Å²) >= 11 is 0. The molecule has 0 unspecified atom stereocenters. The Morgan fingerprint density at radius 1 is 1.10 bits per heavy atom. The van der Waals surface area contributed by atoms with E-state index in [2.05, 4.69) is 10.5 Å². The average Bonchev–Trinajstić information content (AvgIpc) is 2.47. The van der Waals surface area contributed by atoms with Crippen molar-refractivity contribution in [3.8, 4) is 11.5 Å². The Morgan fingerprint density at radius 3 is 2.48 bits per heavy atom. The maximum absolute atomic E-state index is 13.1. The highest BCUT2D eigenvalue weighted by Gasteiger charge is 2.10. The van der Waals surface area contributed by atoms with Gasteiger partial charge < -0.3 is 10.2 Å². The number of hydrazone groups is 1. The average molecular weight is 288 g/mol. The van der Waals surface area contributed by atoms with Crippen LogP contribution in [-0.4, -0.2) is 21.8 Å². The van der Waals surface area contributed by atoms with Gasteiger partial charge in [-0.25, -0.2) is 9.82 Å². The normalized spacial score (nSPS) is 11.2. The number of halogens is 1. The van der Waals surface area contributed by atoms with Crippen molar-refractivity contribution in [2.75, 3.05) is 0 Å². The number of hydrogen-bond acceptors (Lipinski definition) is 4. The van der Waals surface area contributed by atoms with Crippen molar-refractivity contribution in [3.05, 3.63) is 59.4 Å². The van der Waals surface area contributed by atoms with Gasteiger partial charge in [-0.3, -0.25) is 4.79 Å². The molecule has 3 N–H and O–H groups in total. The largest absolute Gasteiger partial charge is 0.507 e. The van der Waals surface area contributed by atoms with Crippen molar-refractivity contribution in [2.24, 2.45) is 5.10 Å². The minimum Gasteiger partial charge on any atom is -0.507 e. The number of para-hydroxylation sites is 1. The van der Waals surface area contributed by atoms with Crippen LogP contribution in [0.15, 0.2) is 47.6 Å². The lowest BCUT2D eigenvalue weighted by atomic mass is 10.1. The minimum absolute atomic E-state index is 0.0671. The van der Waals surface area contributed by atoms with Gasteiger partial charge >= 0.3 is 0 Å². The van der Waals surface area contributed by atoms with Gasteiger partial charge in [-0.1, -0.05) is 12.1 Å². The monoisotopic (exact) mass is 288 g/mol. The summed E-state index contributed by atoms with van der Waals surface area (Å²) in [6.07, 6.45) is 0. The minimum atomic E-state index is -0.608. The van der Waals surface area contributed by atoms with Crippen molar-refractivity contribution in [2.45, 2.75) is 6.92 Å². The van der Waals surface area contributed by atoms with Crippen LogP contribution in [0.25, 0.3) is 0 Å². The number of carbonyl (C=O) groups excluding carboxylic acids is 1. The highest BCUT2D eigenvalue weighted by Crippen LogP contribution is 2.19. The van der Waals surface area contributed by atoms with E-state index in [0.29, 0.717) is 0 Å². The van der Waals surface area contributed by atoms with Gasteiger partial charge in [0.1, 0.15) is 17.3 Å². The van der Waals surface area contributed by atoms with Gasteiger partial charge in [-0.05, 0) is 37.3 Å². The fraction of sp³-hybridized carbons (Fsp3) is 0.0667. The Morgan fingerprint density at radius 2 is 1.76 bits per heavy atom. The van der Waals surface area contributed by atoms with E-state index < -0.39 is 11.7 Å². The number of amides is 1. The van der Waals surface area contributed by atoms with Crippen molar-refractivity contribution < 1.29 is 19.4 Å². The Hall–Kier alpha value is -2.89. The molecule has 0 radical (unpaired) electrons. The van der Waals surface area contributed by atoms with E-state index >= 15 is 0 Å². The summed E-state index contributed by atoms with van der Waals surface area (Å²) in [6, 6.07) is 9.44. The van der Waals surface area contributed by atoms with Crippen molar-refractivity contribution in [1.29, 1.82) is 0 Å². The Balaban J connectivity index is 2.19. The highest BCUT2D eigenvalue weighted by atomic mass is 19.1. The molecule has 0 saturated carbocycles. The molecule has 0 aromatic heterocycles. The molecule has 0 bridgehead atoms. The molecule has 0 aliphatic carbocycles. The molecular weight excluding hydrogens is 275 g/mol. The van der Waals surface area contributed by atoms with Crippen LogP contribution in [0.2, 0.25) is 0 Å². The van der Waals surface area contributed by atoms with Gasteiger partial charge in [-0.15, -0.1) is 0 Å². The van der Waals surface area contributed by atoms with Crippen LogP contribution >= 0.6 is 0 Å². The fourth-order valence-corrected chi connectivity index (χ4v) is 1.72. The number of aromatic hydroxyl groups is 2. The number of rotatable bonds is 3. The van der Waals surface area contributed by atoms with Crippen LogP contribution in [0.1, 0.15) is 22.8 Å².